The molecule has 0 bridgehead atoms. The molecule has 3 nitrogen and oxygen atoms in total. The highest BCUT2D eigenvalue weighted by Crippen LogP contribution is 1.94. The van der Waals surface area contributed by atoms with Gasteiger partial charge in [-0.3, -0.25) is 0 Å². The van der Waals surface area contributed by atoms with Crippen molar-refractivity contribution >= 4 is 0 Å². The van der Waals surface area contributed by atoms with Crippen molar-refractivity contribution in [1.29, 1.82) is 0 Å². The van der Waals surface area contributed by atoms with Gasteiger partial charge in [-0.05, 0) is 13.0 Å². The maximum absolute atomic E-state index is 5.01. The number of oxazole rings is 1. The van der Waals surface area contributed by atoms with Crippen molar-refractivity contribution in [1.82, 2.24) is 10.3 Å². The first-order chi connectivity index (χ1) is 4.93. The third kappa shape index (κ3) is 2.19. The van der Waals surface area contributed by atoms with Gasteiger partial charge in [0.25, 0.3) is 0 Å². The molecule has 0 unspecified atom stereocenters. The lowest BCUT2D eigenvalue weighted by molar-refractivity contribution is 0.479. The van der Waals surface area contributed by atoms with Crippen LogP contribution in [0.3, 0.4) is 0 Å². The van der Waals surface area contributed by atoms with Crippen LogP contribution in [0, 0.1) is 0 Å². The van der Waals surface area contributed by atoms with Gasteiger partial charge in [-0.2, -0.15) is 0 Å². The molecule has 56 valence electrons. The predicted molar refractivity (Wildman–Crippen MR) is 38.5 cm³/mol. The van der Waals surface area contributed by atoms with E-state index < -0.39 is 0 Å². The second-order valence-electron chi connectivity index (χ2n) is 2.14. The number of nitrogens with one attached hydrogen (secondary N) is 1. The lowest BCUT2D eigenvalue weighted by Crippen LogP contribution is -2.12. The predicted octanol–water partition coefficient (Wildman–Crippen LogP) is 1.17. The van der Waals surface area contributed by atoms with Crippen molar-refractivity contribution in [2.75, 3.05) is 6.54 Å². The van der Waals surface area contributed by atoms with Gasteiger partial charge in [-0.15, -0.1) is 0 Å². The Hall–Kier alpha value is -0.830. The molecular formula is C7H12N2O. The van der Waals surface area contributed by atoms with Crippen LogP contribution in [0.4, 0.5) is 0 Å². The summed E-state index contributed by atoms with van der Waals surface area (Å²) in [6.07, 6.45) is 4.32. The number of aromatic nitrogens is 1. The molecule has 0 atom stereocenters. The molecule has 0 aliphatic carbocycles. The van der Waals surface area contributed by atoms with Gasteiger partial charge in [0, 0.05) is 0 Å². The summed E-state index contributed by atoms with van der Waals surface area (Å²) in [4.78, 5) is 3.79. The zero-order valence-corrected chi connectivity index (χ0v) is 6.13. The third-order valence-electron chi connectivity index (χ3n) is 1.21. The first-order valence-electron chi connectivity index (χ1n) is 3.51. The van der Waals surface area contributed by atoms with Gasteiger partial charge in [0.15, 0.2) is 6.39 Å². The van der Waals surface area contributed by atoms with Gasteiger partial charge < -0.3 is 9.73 Å². The fourth-order valence-corrected chi connectivity index (χ4v) is 0.718. The van der Waals surface area contributed by atoms with Gasteiger partial charge in [0.1, 0.15) is 5.76 Å². The molecule has 0 aliphatic rings. The Morgan fingerprint density at radius 2 is 2.60 bits per heavy atom. The molecular weight excluding hydrogens is 128 g/mol. The van der Waals surface area contributed by atoms with E-state index in [-0.39, 0.29) is 0 Å². The minimum absolute atomic E-state index is 0.786. The van der Waals surface area contributed by atoms with E-state index in [0.29, 0.717) is 0 Å². The maximum Gasteiger partial charge on any atom is 0.180 e. The Labute approximate surface area is 60.5 Å². The van der Waals surface area contributed by atoms with Crippen LogP contribution in [0.25, 0.3) is 0 Å². The Balaban J connectivity index is 2.15. The average molecular weight is 140 g/mol. The highest BCUT2D eigenvalue weighted by Gasteiger charge is 1.92. The van der Waals surface area contributed by atoms with E-state index >= 15 is 0 Å². The molecule has 0 fully saturated rings. The smallest absolute Gasteiger partial charge is 0.180 e. The number of hydrogen-bond acceptors (Lipinski definition) is 3. The van der Waals surface area contributed by atoms with E-state index in [1.54, 1.807) is 6.20 Å². The molecule has 1 N–H and O–H groups in total. The third-order valence-corrected chi connectivity index (χ3v) is 1.21. The fourth-order valence-electron chi connectivity index (χ4n) is 0.718. The Kier molecular flexibility index (Phi) is 2.96. The molecule has 0 spiro atoms. The molecule has 0 saturated heterocycles. The summed E-state index contributed by atoms with van der Waals surface area (Å²) in [5, 5.41) is 3.20. The first-order valence-corrected chi connectivity index (χ1v) is 3.51. The molecule has 1 heterocycles. The molecule has 3 heteroatoms. The van der Waals surface area contributed by atoms with Crippen LogP contribution >= 0.6 is 0 Å². The summed E-state index contributed by atoms with van der Waals surface area (Å²) >= 11 is 0. The zero-order valence-electron chi connectivity index (χ0n) is 6.13. The van der Waals surface area contributed by atoms with Gasteiger partial charge in [-0.1, -0.05) is 6.92 Å². The molecule has 0 amide bonds. The summed E-state index contributed by atoms with van der Waals surface area (Å²) in [5.41, 5.74) is 0. The van der Waals surface area contributed by atoms with Gasteiger partial charge >= 0.3 is 0 Å². The number of nitrogens with zero attached hydrogens (tertiary/aromatic N) is 1. The summed E-state index contributed by atoms with van der Waals surface area (Å²) in [5.74, 6) is 0.897. The second kappa shape index (κ2) is 4.06. The van der Waals surface area contributed by atoms with E-state index in [0.717, 1.165) is 25.3 Å². The molecule has 0 radical (unpaired) electrons. The molecule has 1 aromatic heterocycles. The largest absolute Gasteiger partial charge is 0.447 e. The highest BCUT2D eigenvalue weighted by molar-refractivity contribution is 4.86. The molecule has 1 rings (SSSR count). The standard InChI is InChI=1S/C7H12N2O/c1-2-3-8-4-7-5-9-6-10-7/h5-6,8H,2-4H2,1H3. The van der Waals surface area contributed by atoms with Crippen LogP contribution in [0.5, 0.6) is 0 Å². The van der Waals surface area contributed by atoms with Gasteiger partial charge in [0.05, 0.1) is 12.7 Å². The Morgan fingerprint density at radius 3 is 3.20 bits per heavy atom. The van der Waals surface area contributed by atoms with E-state index in [1.165, 1.54) is 6.39 Å². The van der Waals surface area contributed by atoms with Crippen molar-refractivity contribution in [2.45, 2.75) is 19.9 Å². The van der Waals surface area contributed by atoms with Crippen LogP contribution in [0.1, 0.15) is 19.1 Å². The van der Waals surface area contributed by atoms with Gasteiger partial charge in [-0.25, -0.2) is 4.98 Å². The number of rotatable bonds is 4. The minimum Gasteiger partial charge on any atom is -0.447 e. The van der Waals surface area contributed by atoms with Crippen LogP contribution in [-0.2, 0) is 6.54 Å². The lowest BCUT2D eigenvalue weighted by Gasteiger charge is -1.96. The number of hydrogen-bond donors (Lipinski definition) is 1. The zero-order chi connectivity index (χ0) is 7.23. The van der Waals surface area contributed by atoms with Crippen LogP contribution < -0.4 is 5.32 Å². The summed E-state index contributed by atoms with van der Waals surface area (Å²) in [6.45, 7) is 3.95. The Bertz CT molecular complexity index is 160. The van der Waals surface area contributed by atoms with Crippen molar-refractivity contribution in [3.63, 3.8) is 0 Å². The highest BCUT2D eigenvalue weighted by atomic mass is 16.3. The molecule has 10 heavy (non-hydrogen) atoms. The maximum atomic E-state index is 5.01. The SMILES string of the molecule is CCCNCc1cnco1. The topological polar surface area (TPSA) is 38.1 Å². The van der Waals surface area contributed by atoms with E-state index in [2.05, 4.69) is 17.2 Å². The summed E-state index contributed by atoms with van der Waals surface area (Å²) < 4.78 is 5.01. The monoisotopic (exact) mass is 140 g/mol. The van der Waals surface area contributed by atoms with Crippen LogP contribution in [0.15, 0.2) is 17.0 Å². The van der Waals surface area contributed by atoms with Crippen molar-refractivity contribution in [3.8, 4) is 0 Å². The van der Waals surface area contributed by atoms with Crippen molar-refractivity contribution < 1.29 is 4.42 Å². The van der Waals surface area contributed by atoms with Crippen LogP contribution in [0.2, 0.25) is 0 Å². The summed E-state index contributed by atoms with van der Waals surface area (Å²) in [7, 11) is 0. The van der Waals surface area contributed by atoms with Crippen molar-refractivity contribution in [3.05, 3.63) is 18.4 Å². The quantitative estimate of drug-likeness (QED) is 0.638. The second-order valence-corrected chi connectivity index (χ2v) is 2.14. The lowest BCUT2D eigenvalue weighted by atomic mass is 10.4. The van der Waals surface area contributed by atoms with E-state index in [1.807, 2.05) is 0 Å². The minimum atomic E-state index is 0.786. The Morgan fingerprint density at radius 1 is 1.70 bits per heavy atom. The molecule has 1 aromatic rings. The molecule has 0 saturated carbocycles. The fraction of sp³-hybridized carbons (Fsp3) is 0.571. The molecule has 0 aromatic carbocycles. The van der Waals surface area contributed by atoms with Gasteiger partial charge in [0.2, 0.25) is 0 Å². The summed E-state index contributed by atoms with van der Waals surface area (Å²) in [6, 6.07) is 0. The van der Waals surface area contributed by atoms with Crippen molar-refractivity contribution in [2.24, 2.45) is 0 Å². The normalized spacial score (nSPS) is 10.1. The first kappa shape index (κ1) is 7.28. The van der Waals surface area contributed by atoms with Crippen LogP contribution in [-0.4, -0.2) is 11.5 Å². The van der Waals surface area contributed by atoms with E-state index in [4.69, 9.17) is 4.42 Å². The molecule has 0 aliphatic heterocycles. The van der Waals surface area contributed by atoms with E-state index in [9.17, 15) is 0 Å². The average Bonchev–Trinajstić information content (AvgIpc) is 2.41.